The predicted octanol–water partition coefficient (Wildman–Crippen LogP) is 11.7. The van der Waals surface area contributed by atoms with E-state index in [9.17, 15) is 40.7 Å². The number of phenolic OH excluding ortho intramolecular Hbond substituents is 3. The van der Waals surface area contributed by atoms with Crippen molar-refractivity contribution >= 4 is 63.0 Å². The monoisotopic (exact) mass is 960 g/mol. The van der Waals surface area contributed by atoms with Gasteiger partial charge in [0.1, 0.15) is 0 Å². The topological polar surface area (TPSA) is 212 Å². The Morgan fingerprint density at radius 1 is 0.435 bits per heavy atom. The standard InChI is InChI=1S/C17H12F2N2O2.C16H16F2N2O5.C15H14F2N2O2/c18-13-8-11(9-14(19)16(13)22)20-17(23)21-15-7-3-5-10-4-1-2-6-12(10)15;1-23-12-6-9(7-13(24-2)15(12)25-3)20-16(22)19-8-4-10(17)14(21)11(18)5-8;1-8-4-3-5-9(2)13(8)19-15(21)18-10-6-11(16)14(20)12(17)7-10/h1-9,22H,(H2,20,21,23);4-7,21H,1-3H3,(H2,19,20,22);3-7,20H,1-2H3,(H2,18,19,21). The molecule has 0 spiro atoms. The first-order valence-electron chi connectivity index (χ1n) is 19.9. The number of fused-ring (bicyclic) bond motifs is 1. The highest BCUT2D eigenvalue weighted by molar-refractivity contribution is 6.06. The van der Waals surface area contributed by atoms with Crippen LogP contribution in [0.3, 0.4) is 0 Å². The second kappa shape index (κ2) is 22.9. The molecular formula is C48H42F6N6O9. The molecule has 0 unspecified atom stereocenters. The number of phenols is 3. The summed E-state index contributed by atoms with van der Waals surface area (Å²) >= 11 is 0. The second-order valence-corrected chi connectivity index (χ2v) is 14.3. The van der Waals surface area contributed by atoms with Crippen molar-refractivity contribution in [2.24, 2.45) is 0 Å². The second-order valence-electron chi connectivity index (χ2n) is 14.3. The molecule has 0 atom stereocenters. The van der Waals surface area contributed by atoms with Crippen LogP contribution in [-0.4, -0.2) is 54.7 Å². The smallest absolute Gasteiger partial charge is 0.323 e. The van der Waals surface area contributed by atoms with Gasteiger partial charge in [0.2, 0.25) is 5.75 Å². The predicted molar refractivity (Wildman–Crippen MR) is 248 cm³/mol. The zero-order valence-corrected chi connectivity index (χ0v) is 37.0. The minimum atomic E-state index is -1.19. The van der Waals surface area contributed by atoms with Gasteiger partial charge in [0.25, 0.3) is 0 Å². The molecule has 0 bridgehead atoms. The minimum absolute atomic E-state index is 0.0912. The summed E-state index contributed by atoms with van der Waals surface area (Å²) in [5.74, 6) is -9.25. The zero-order valence-electron chi connectivity index (χ0n) is 37.0. The number of anilines is 6. The van der Waals surface area contributed by atoms with Crippen LogP contribution in [0.5, 0.6) is 34.5 Å². The van der Waals surface area contributed by atoms with Crippen LogP contribution < -0.4 is 46.1 Å². The van der Waals surface area contributed by atoms with E-state index in [0.717, 1.165) is 58.3 Å². The number of hydrogen-bond acceptors (Lipinski definition) is 9. The largest absolute Gasteiger partial charge is 0.503 e. The molecular weight excluding hydrogens is 919 g/mol. The quantitative estimate of drug-likeness (QED) is 0.0497. The number of ether oxygens (including phenoxy) is 3. The molecule has 0 saturated carbocycles. The highest BCUT2D eigenvalue weighted by Gasteiger charge is 2.17. The first kappa shape index (κ1) is 51.0. The SMILES string of the molecule is COc1cc(NC(=O)Nc2cc(F)c(O)c(F)c2)cc(OC)c1OC.Cc1cccc(C)c1NC(=O)Nc1cc(F)c(O)c(F)c1.O=C(Nc1cc(F)c(O)c(F)c1)Nc1cccc2ccccc12. The van der Waals surface area contributed by atoms with Crippen molar-refractivity contribution in [2.45, 2.75) is 13.8 Å². The normalized spacial score (nSPS) is 10.3. The van der Waals surface area contributed by atoms with E-state index in [-0.39, 0.29) is 17.1 Å². The average molecular weight is 961 g/mol. The molecule has 6 amide bonds. The van der Waals surface area contributed by atoms with Crippen LogP contribution in [-0.2, 0) is 0 Å². The summed E-state index contributed by atoms with van der Waals surface area (Å²) in [4.78, 5) is 35.9. The van der Waals surface area contributed by atoms with E-state index in [4.69, 9.17) is 29.5 Å². The maximum Gasteiger partial charge on any atom is 0.323 e. The molecule has 0 aliphatic heterocycles. The van der Waals surface area contributed by atoms with Crippen molar-refractivity contribution in [3.63, 3.8) is 0 Å². The number of aromatic hydroxyl groups is 3. The fraction of sp³-hybridized carbons (Fsp3) is 0.104. The summed E-state index contributed by atoms with van der Waals surface area (Å²) in [7, 11) is 4.28. The number of rotatable bonds is 9. The Kier molecular flexibility index (Phi) is 17.0. The van der Waals surface area contributed by atoms with Crippen molar-refractivity contribution in [1.82, 2.24) is 0 Å². The van der Waals surface area contributed by atoms with E-state index in [2.05, 4.69) is 31.9 Å². The molecule has 0 aliphatic carbocycles. The van der Waals surface area contributed by atoms with Gasteiger partial charge >= 0.3 is 18.1 Å². The molecule has 0 fully saturated rings. The summed E-state index contributed by atoms with van der Waals surface area (Å²) in [5.41, 5.74) is 2.88. The molecule has 7 aromatic carbocycles. The van der Waals surface area contributed by atoms with Gasteiger partial charge in [0, 0.05) is 76.7 Å². The number of benzene rings is 7. The first-order valence-corrected chi connectivity index (χ1v) is 19.9. The third-order valence-electron chi connectivity index (χ3n) is 9.50. The van der Waals surface area contributed by atoms with Crippen molar-refractivity contribution < 1.29 is 70.3 Å². The van der Waals surface area contributed by atoms with Crippen molar-refractivity contribution in [3.8, 4) is 34.5 Å². The molecule has 0 aliphatic rings. The van der Waals surface area contributed by atoms with E-state index in [1.807, 2.05) is 62.4 Å². The summed E-state index contributed by atoms with van der Waals surface area (Å²) in [6.07, 6.45) is 0. The number of nitrogens with one attached hydrogen (secondary N) is 6. The fourth-order valence-corrected chi connectivity index (χ4v) is 6.27. The number of aryl methyl sites for hydroxylation is 2. The lowest BCUT2D eigenvalue weighted by atomic mass is 10.1. The first-order chi connectivity index (χ1) is 32.8. The minimum Gasteiger partial charge on any atom is -0.503 e. The number of para-hydroxylation sites is 1. The lowest BCUT2D eigenvalue weighted by molar-refractivity contribution is 0.261. The van der Waals surface area contributed by atoms with Crippen LogP contribution in [0.2, 0.25) is 0 Å². The Bertz CT molecular complexity index is 2910. The van der Waals surface area contributed by atoms with E-state index in [1.54, 1.807) is 12.1 Å². The van der Waals surface area contributed by atoms with Crippen LogP contribution >= 0.6 is 0 Å². The molecule has 360 valence electrons. The summed E-state index contributed by atoms with van der Waals surface area (Å²) < 4.78 is 95.0. The molecule has 15 nitrogen and oxygen atoms in total. The summed E-state index contributed by atoms with van der Waals surface area (Å²) in [6.45, 7) is 3.67. The number of halogens is 6. The molecule has 69 heavy (non-hydrogen) atoms. The number of urea groups is 3. The number of hydrogen-bond donors (Lipinski definition) is 9. The van der Waals surface area contributed by atoms with Gasteiger partial charge in [-0.3, -0.25) is 0 Å². The van der Waals surface area contributed by atoms with E-state index in [1.165, 1.54) is 33.5 Å². The average Bonchev–Trinajstić information content (AvgIpc) is 3.30. The van der Waals surface area contributed by atoms with Gasteiger partial charge in [-0.2, -0.15) is 0 Å². The molecule has 0 heterocycles. The van der Waals surface area contributed by atoms with E-state index < -0.39 is 70.2 Å². The van der Waals surface area contributed by atoms with E-state index in [0.29, 0.717) is 34.3 Å². The van der Waals surface area contributed by atoms with Gasteiger partial charge < -0.3 is 61.4 Å². The Morgan fingerprint density at radius 3 is 1.19 bits per heavy atom. The highest BCUT2D eigenvalue weighted by Crippen LogP contribution is 2.40. The molecule has 0 aromatic heterocycles. The summed E-state index contributed by atoms with van der Waals surface area (Å²) in [6, 6.07) is 24.3. The number of carbonyl (C=O) groups is 3. The van der Waals surface area contributed by atoms with Gasteiger partial charge in [-0.05, 0) is 36.4 Å². The maximum absolute atomic E-state index is 13.3. The van der Waals surface area contributed by atoms with Crippen LogP contribution in [0.4, 0.5) is 74.9 Å². The van der Waals surface area contributed by atoms with Gasteiger partial charge in [0.15, 0.2) is 63.7 Å². The van der Waals surface area contributed by atoms with E-state index >= 15 is 0 Å². The molecule has 9 N–H and O–H groups in total. The van der Waals surface area contributed by atoms with Crippen LogP contribution in [0.15, 0.2) is 109 Å². The highest BCUT2D eigenvalue weighted by atomic mass is 19.2. The number of methoxy groups -OCH3 is 3. The Morgan fingerprint density at radius 2 is 0.783 bits per heavy atom. The third-order valence-corrected chi connectivity index (χ3v) is 9.50. The Balaban J connectivity index is 0.000000194. The third kappa shape index (κ3) is 13.3. The maximum atomic E-state index is 13.3. The van der Waals surface area contributed by atoms with Crippen molar-refractivity contribution in [2.75, 3.05) is 53.2 Å². The fourth-order valence-electron chi connectivity index (χ4n) is 6.27. The van der Waals surface area contributed by atoms with Crippen molar-refractivity contribution in [3.05, 3.63) is 155 Å². The van der Waals surface area contributed by atoms with Gasteiger partial charge in [0.05, 0.1) is 32.7 Å². The Labute approximate surface area is 389 Å². The molecule has 0 saturated heterocycles. The van der Waals surface area contributed by atoms with Crippen LogP contribution in [0.1, 0.15) is 11.1 Å². The molecule has 7 rings (SSSR count). The lowest BCUT2D eigenvalue weighted by Gasteiger charge is -2.15. The van der Waals surface area contributed by atoms with Gasteiger partial charge in [-0.25, -0.2) is 40.7 Å². The van der Waals surface area contributed by atoms with Crippen LogP contribution in [0.25, 0.3) is 10.8 Å². The van der Waals surface area contributed by atoms with Crippen LogP contribution in [0, 0.1) is 48.8 Å². The molecule has 0 radical (unpaired) electrons. The Hall–Kier alpha value is -9.01. The van der Waals surface area contributed by atoms with Gasteiger partial charge in [-0.15, -0.1) is 0 Å². The van der Waals surface area contributed by atoms with Crippen molar-refractivity contribution in [1.29, 1.82) is 0 Å². The number of carbonyl (C=O) groups excluding carboxylic acids is 3. The van der Waals surface area contributed by atoms with Gasteiger partial charge in [-0.1, -0.05) is 54.6 Å². The number of amides is 6. The lowest BCUT2D eigenvalue weighted by Crippen LogP contribution is -2.20. The molecule has 7 aromatic rings. The zero-order chi connectivity index (χ0) is 50.5. The summed E-state index contributed by atoms with van der Waals surface area (Å²) in [5, 5.41) is 43.5. The molecule has 21 heteroatoms.